The van der Waals surface area contributed by atoms with Gasteiger partial charge in [0.1, 0.15) is 0 Å². The Hall–Kier alpha value is -1.68. The Morgan fingerprint density at radius 2 is 1.74 bits per heavy atom. The van der Waals surface area contributed by atoms with Gasteiger partial charge in [-0.3, -0.25) is 9.59 Å². The highest BCUT2D eigenvalue weighted by Crippen LogP contribution is 2.27. The Bertz CT molecular complexity index is 664. The number of carbonyl (C=O) groups is 2. The lowest BCUT2D eigenvalue weighted by molar-refractivity contribution is 0.0877. The molecule has 4 nitrogen and oxygen atoms in total. The second kappa shape index (κ2) is 9.50. The zero-order valence-corrected chi connectivity index (χ0v) is 16.9. The van der Waals surface area contributed by atoms with E-state index in [1.54, 1.807) is 0 Å². The van der Waals surface area contributed by atoms with E-state index >= 15 is 0 Å². The third-order valence-electron chi connectivity index (χ3n) is 6.37. The molecule has 4 heteroatoms. The molecule has 3 rings (SSSR count). The number of nitrogens with one attached hydrogen (secondary N) is 1. The highest BCUT2D eigenvalue weighted by atomic mass is 16.1. The summed E-state index contributed by atoms with van der Waals surface area (Å²) in [5.74, 6) is 0.623. The molecule has 1 saturated heterocycles. The Kier molecular flexibility index (Phi) is 7.06. The number of hydrogen-bond acceptors (Lipinski definition) is 3. The predicted octanol–water partition coefficient (Wildman–Crippen LogP) is 4.36. The van der Waals surface area contributed by atoms with Crippen molar-refractivity contribution in [2.75, 3.05) is 19.6 Å². The van der Waals surface area contributed by atoms with Crippen LogP contribution in [0.5, 0.6) is 0 Å². The van der Waals surface area contributed by atoms with Crippen LogP contribution in [-0.2, 0) is 0 Å². The molecule has 0 bridgehead atoms. The number of nitrogens with zero attached hydrogens (tertiary/aromatic N) is 1. The quantitative estimate of drug-likeness (QED) is 0.757. The van der Waals surface area contributed by atoms with Gasteiger partial charge in [0.25, 0.3) is 5.91 Å². The third-order valence-corrected chi connectivity index (χ3v) is 6.37. The maximum atomic E-state index is 13.0. The van der Waals surface area contributed by atoms with Crippen molar-refractivity contribution in [3.8, 4) is 0 Å². The topological polar surface area (TPSA) is 49.4 Å². The van der Waals surface area contributed by atoms with Crippen molar-refractivity contribution < 1.29 is 9.59 Å². The molecule has 1 aliphatic heterocycles. The lowest BCUT2D eigenvalue weighted by Crippen LogP contribution is -2.47. The van der Waals surface area contributed by atoms with E-state index in [-0.39, 0.29) is 17.7 Å². The summed E-state index contributed by atoms with van der Waals surface area (Å²) in [5.41, 5.74) is 2.14. The number of ketones is 1. The third kappa shape index (κ3) is 4.98. The summed E-state index contributed by atoms with van der Waals surface area (Å²) in [7, 11) is 0. The Balaban J connectivity index is 1.68. The zero-order valence-electron chi connectivity index (χ0n) is 16.9. The average Bonchev–Trinajstić information content (AvgIpc) is 2.70. The van der Waals surface area contributed by atoms with Crippen LogP contribution in [0.15, 0.2) is 18.2 Å². The Labute approximate surface area is 163 Å². The highest BCUT2D eigenvalue weighted by Gasteiger charge is 2.29. The molecule has 1 amide bonds. The lowest BCUT2D eigenvalue weighted by Gasteiger charge is -2.37. The summed E-state index contributed by atoms with van der Waals surface area (Å²) in [6, 6.07) is 5.76. The van der Waals surface area contributed by atoms with Crippen molar-refractivity contribution in [3.05, 3.63) is 34.9 Å². The molecule has 27 heavy (non-hydrogen) atoms. The van der Waals surface area contributed by atoms with Crippen molar-refractivity contribution >= 4 is 11.7 Å². The van der Waals surface area contributed by atoms with Gasteiger partial charge in [-0.2, -0.15) is 0 Å². The van der Waals surface area contributed by atoms with Crippen LogP contribution in [0.1, 0.15) is 84.6 Å². The van der Waals surface area contributed by atoms with Gasteiger partial charge in [0.2, 0.25) is 0 Å². The predicted molar refractivity (Wildman–Crippen MR) is 109 cm³/mol. The molecular weight excluding hydrogens is 336 g/mol. The van der Waals surface area contributed by atoms with Gasteiger partial charge in [-0.15, -0.1) is 0 Å². The van der Waals surface area contributed by atoms with E-state index in [4.69, 9.17) is 0 Å². The molecule has 1 unspecified atom stereocenters. The van der Waals surface area contributed by atoms with Crippen molar-refractivity contribution in [3.63, 3.8) is 0 Å². The Morgan fingerprint density at radius 1 is 1.04 bits per heavy atom. The fraction of sp³-hybridized carbons (Fsp3) is 0.652. The molecule has 0 spiro atoms. The van der Waals surface area contributed by atoms with E-state index in [1.165, 1.54) is 51.6 Å². The van der Waals surface area contributed by atoms with Gasteiger partial charge in [-0.1, -0.05) is 38.3 Å². The smallest absolute Gasteiger partial charge is 0.251 e. The van der Waals surface area contributed by atoms with Gasteiger partial charge in [0, 0.05) is 30.1 Å². The molecule has 148 valence electrons. The molecule has 1 heterocycles. The highest BCUT2D eigenvalue weighted by molar-refractivity contribution is 6.02. The van der Waals surface area contributed by atoms with E-state index in [2.05, 4.69) is 10.2 Å². The average molecular weight is 371 g/mol. The first kappa shape index (κ1) is 20.1. The van der Waals surface area contributed by atoms with Gasteiger partial charge in [-0.05, 0) is 63.2 Å². The number of amides is 1. The summed E-state index contributed by atoms with van der Waals surface area (Å²) in [6.07, 6.45) is 9.16. The number of hydrogen-bond donors (Lipinski definition) is 1. The molecule has 0 aromatic heterocycles. The summed E-state index contributed by atoms with van der Waals surface area (Å²) in [6.45, 7) is 7.28. The van der Waals surface area contributed by atoms with Crippen LogP contribution in [0, 0.1) is 12.8 Å². The van der Waals surface area contributed by atoms with Gasteiger partial charge >= 0.3 is 0 Å². The van der Waals surface area contributed by atoms with Crippen molar-refractivity contribution in [2.24, 2.45) is 5.92 Å². The molecule has 1 aromatic rings. The van der Waals surface area contributed by atoms with Crippen LogP contribution in [0.2, 0.25) is 0 Å². The molecule has 1 saturated carbocycles. The fourth-order valence-corrected chi connectivity index (χ4v) is 4.71. The van der Waals surface area contributed by atoms with Gasteiger partial charge in [0.05, 0.1) is 0 Å². The molecule has 2 atom stereocenters. The standard InChI is InChI=1S/C23H34N2O2/c1-3-22(26)19-11-9-12-20(17(19)2)23(27)24-21-13-6-5-10-18(21)16-25-14-7-4-8-15-25/h9,11-12,18,21H,3-8,10,13-16H2,1-2H3,(H,24,27)/t18-,21?/m0/s1. The number of likely N-dealkylation sites (tertiary alicyclic amines) is 1. The van der Waals surface area contributed by atoms with Crippen LogP contribution in [0.3, 0.4) is 0 Å². The first-order chi connectivity index (χ1) is 13.1. The van der Waals surface area contributed by atoms with Crippen LogP contribution < -0.4 is 5.32 Å². The van der Waals surface area contributed by atoms with Crippen molar-refractivity contribution in [1.29, 1.82) is 0 Å². The molecule has 2 fully saturated rings. The maximum Gasteiger partial charge on any atom is 0.251 e. The maximum absolute atomic E-state index is 13.0. The lowest BCUT2D eigenvalue weighted by atomic mass is 9.83. The summed E-state index contributed by atoms with van der Waals surface area (Å²) < 4.78 is 0. The second-order valence-electron chi connectivity index (χ2n) is 8.24. The van der Waals surface area contributed by atoms with E-state index < -0.39 is 0 Å². The van der Waals surface area contributed by atoms with E-state index in [1.807, 2.05) is 32.0 Å². The van der Waals surface area contributed by atoms with E-state index in [0.717, 1.165) is 18.5 Å². The number of carbonyl (C=O) groups excluding carboxylic acids is 2. The van der Waals surface area contributed by atoms with Gasteiger partial charge in [-0.25, -0.2) is 0 Å². The molecule has 0 radical (unpaired) electrons. The molecular formula is C23H34N2O2. The minimum absolute atomic E-state index is 0.0196. The van der Waals surface area contributed by atoms with Gasteiger partial charge < -0.3 is 10.2 Å². The molecule has 2 aliphatic rings. The molecule has 1 N–H and O–H groups in total. The number of Topliss-reactive ketones (excluding diaryl/α,β-unsaturated/α-hetero) is 1. The van der Waals surface area contributed by atoms with Crippen LogP contribution in [0.25, 0.3) is 0 Å². The van der Waals surface area contributed by atoms with E-state index in [9.17, 15) is 9.59 Å². The second-order valence-corrected chi connectivity index (χ2v) is 8.24. The summed E-state index contributed by atoms with van der Waals surface area (Å²) in [5, 5.41) is 3.32. The largest absolute Gasteiger partial charge is 0.349 e. The summed E-state index contributed by atoms with van der Waals surface area (Å²) >= 11 is 0. The van der Waals surface area contributed by atoms with Crippen molar-refractivity contribution in [1.82, 2.24) is 10.2 Å². The summed E-state index contributed by atoms with van der Waals surface area (Å²) in [4.78, 5) is 27.7. The Morgan fingerprint density at radius 3 is 2.48 bits per heavy atom. The normalized spacial score (nSPS) is 23.8. The number of rotatable bonds is 6. The first-order valence-corrected chi connectivity index (χ1v) is 10.8. The van der Waals surface area contributed by atoms with Crippen LogP contribution >= 0.6 is 0 Å². The minimum atomic E-state index is -0.0196. The van der Waals surface area contributed by atoms with E-state index in [0.29, 0.717) is 23.5 Å². The first-order valence-electron chi connectivity index (χ1n) is 10.8. The number of benzene rings is 1. The molecule has 1 aliphatic carbocycles. The van der Waals surface area contributed by atoms with Crippen LogP contribution in [0.4, 0.5) is 0 Å². The SMILES string of the molecule is CCC(=O)c1cccc(C(=O)NC2CCCC[C@H]2CN2CCCCC2)c1C. The molecule has 1 aromatic carbocycles. The zero-order chi connectivity index (χ0) is 19.2. The van der Waals surface area contributed by atoms with Gasteiger partial charge in [0.15, 0.2) is 5.78 Å². The number of piperidine rings is 1. The minimum Gasteiger partial charge on any atom is -0.349 e. The monoisotopic (exact) mass is 370 g/mol. The fourth-order valence-electron chi connectivity index (χ4n) is 4.71. The van der Waals surface area contributed by atoms with Crippen LogP contribution in [-0.4, -0.2) is 42.3 Å². The van der Waals surface area contributed by atoms with Crippen molar-refractivity contribution in [2.45, 2.75) is 71.3 Å².